The number of fused-ring (bicyclic) bond motifs is 5. The minimum atomic E-state index is -4.39. The van der Waals surface area contributed by atoms with Crippen molar-refractivity contribution in [2.45, 2.75) is 49.0 Å². The average molecular weight is 726 g/mol. The molecule has 45 heavy (non-hydrogen) atoms. The molecule has 242 valence electrons. The summed E-state index contributed by atoms with van der Waals surface area (Å²) in [5, 5.41) is 11.1. The zero-order valence-corrected chi connectivity index (χ0v) is 26.5. The van der Waals surface area contributed by atoms with Crippen LogP contribution < -0.4 is 17.0 Å². The molecule has 3 aliphatic rings. The lowest BCUT2D eigenvalue weighted by Crippen LogP contribution is -2.34. The highest BCUT2D eigenvalue weighted by Gasteiger charge is 2.53. The molecule has 7 rings (SSSR count). The zero-order valence-electron chi connectivity index (χ0n) is 22.2. The lowest BCUT2D eigenvalue weighted by molar-refractivity contribution is -0.0464. The summed E-state index contributed by atoms with van der Waals surface area (Å²) < 4.78 is 68.9. The summed E-state index contributed by atoms with van der Waals surface area (Å²) in [6.07, 6.45) is -9.51. The van der Waals surface area contributed by atoms with Crippen LogP contribution in [0.15, 0.2) is 17.4 Å². The summed E-state index contributed by atoms with van der Waals surface area (Å²) in [5.41, 5.74) is 11.3. The minimum absolute atomic E-state index is 0.0523. The van der Waals surface area contributed by atoms with Crippen LogP contribution in [0.1, 0.15) is 17.2 Å². The number of nitrogen functional groups attached to an aromatic ring is 2. The van der Waals surface area contributed by atoms with Gasteiger partial charge >= 0.3 is 13.5 Å². The van der Waals surface area contributed by atoms with Gasteiger partial charge in [0.2, 0.25) is 5.95 Å². The van der Waals surface area contributed by atoms with Crippen molar-refractivity contribution in [1.29, 1.82) is 0 Å². The molecule has 3 saturated heterocycles. The number of rotatable bonds is 2. The first-order valence-electron chi connectivity index (χ1n) is 12.8. The predicted octanol–water partition coefficient (Wildman–Crippen LogP) is 0.492. The zero-order chi connectivity index (χ0) is 31.8. The van der Waals surface area contributed by atoms with Crippen molar-refractivity contribution in [3.8, 4) is 0 Å². The molecule has 0 saturated carbocycles. The monoisotopic (exact) mass is 725 g/mol. The number of alkyl halides is 1. The maximum absolute atomic E-state index is 16.0. The van der Waals surface area contributed by atoms with Crippen LogP contribution in [0, 0.1) is 0 Å². The van der Waals surface area contributed by atoms with Crippen molar-refractivity contribution in [3.05, 3.63) is 27.9 Å². The highest BCUT2D eigenvalue weighted by molar-refractivity contribution is 8.44. The fourth-order valence-electron chi connectivity index (χ4n) is 5.21. The highest BCUT2D eigenvalue weighted by Crippen LogP contribution is 2.59. The van der Waals surface area contributed by atoms with Gasteiger partial charge in [-0.25, -0.2) is 28.9 Å². The number of aliphatic hydroxyl groups is 1. The Hall–Kier alpha value is -2.24. The van der Waals surface area contributed by atoms with Gasteiger partial charge in [0.1, 0.15) is 54.0 Å². The van der Waals surface area contributed by atoms with E-state index in [0.29, 0.717) is 0 Å². The van der Waals surface area contributed by atoms with E-state index in [1.54, 1.807) is 0 Å². The summed E-state index contributed by atoms with van der Waals surface area (Å²) >= 11 is 10.0. The molecule has 3 aliphatic heterocycles. The third kappa shape index (κ3) is 5.69. The Morgan fingerprint density at radius 3 is 2.69 bits per heavy atom. The molecule has 2 unspecified atom stereocenters. The summed E-state index contributed by atoms with van der Waals surface area (Å²) in [6, 6.07) is 0. The summed E-state index contributed by atoms with van der Waals surface area (Å²) in [7, 11) is 0. The van der Waals surface area contributed by atoms with E-state index in [2.05, 4.69) is 41.5 Å². The van der Waals surface area contributed by atoms with Crippen LogP contribution in [-0.2, 0) is 43.9 Å². The molecule has 0 aliphatic carbocycles. The van der Waals surface area contributed by atoms with Crippen LogP contribution in [0.5, 0.6) is 0 Å². The Kier molecular flexibility index (Phi) is 8.00. The molecule has 3 fully saturated rings. The molecule has 0 radical (unpaired) electrons. The Bertz CT molecular complexity index is 1950. The van der Waals surface area contributed by atoms with Crippen molar-refractivity contribution in [2.75, 3.05) is 24.7 Å². The maximum Gasteiger partial charge on any atom is 0.386 e. The minimum Gasteiger partial charge on any atom is -0.387 e. The van der Waals surface area contributed by atoms with Gasteiger partial charge in [0.15, 0.2) is 29.4 Å². The standard InChI is InChI=1S/C20H22FN9O10P2S3/c21-7-12-6(38-19(7)30-4-26-10-16(22)24-3-25-17(10)30)2-36-42(34,44)40-13-11(31)5(1-35-41(33,43)39-12)37-14(13)15-8-9(29-45-15)18(32)28-20(23)27-8/h3-7,11-14,19,31H,1-2H2,(H,33,43)(H,34,44)(H2,22,24,25)(H3,23,27,28,32)/t5-,6-,7-,11-,12-,13-,14-,19-,41?,42?/m1/s1. The first-order valence-corrected chi connectivity index (χ1v) is 18.9. The summed E-state index contributed by atoms with van der Waals surface area (Å²) in [4.78, 5) is 42.0. The molecular formula is C20H22FN9O10P2S3. The summed E-state index contributed by atoms with van der Waals surface area (Å²) in [5.74, 6) is -0.153. The largest absolute Gasteiger partial charge is 0.387 e. The van der Waals surface area contributed by atoms with Gasteiger partial charge in [-0.2, -0.15) is 4.37 Å². The molecule has 25 heteroatoms. The SMILES string of the molecule is Nc1nc2c([C@@H]3O[C@@H]4COP(O)(=S)O[C@H]5[C@@H](F)[C@H](n6cnc7c(N)ncnc76)O[C@@H]5COP(=O)(S)O[C@@H]3[C@@H]4O)snc2c(=O)[nH]1. The van der Waals surface area contributed by atoms with E-state index in [1.165, 1.54) is 10.9 Å². The fourth-order valence-corrected chi connectivity index (χ4v) is 8.99. The number of aromatic amines is 1. The smallest absolute Gasteiger partial charge is 0.386 e. The van der Waals surface area contributed by atoms with Crippen LogP contribution in [0.4, 0.5) is 16.2 Å². The number of H-pyrrole nitrogens is 1. The van der Waals surface area contributed by atoms with Crippen molar-refractivity contribution < 1.29 is 46.5 Å². The van der Waals surface area contributed by atoms with Crippen LogP contribution in [-0.4, -0.2) is 93.8 Å². The average Bonchev–Trinajstić information content (AvgIpc) is 3.72. The van der Waals surface area contributed by atoms with Crippen LogP contribution in [0.25, 0.3) is 22.2 Å². The number of aliphatic hydroxyl groups excluding tert-OH is 1. The number of halogens is 1. The van der Waals surface area contributed by atoms with Crippen LogP contribution in [0.2, 0.25) is 0 Å². The molecule has 0 amide bonds. The number of ether oxygens (including phenoxy) is 2. The van der Waals surface area contributed by atoms with Gasteiger partial charge in [-0.3, -0.25) is 27.9 Å². The van der Waals surface area contributed by atoms with E-state index in [-0.39, 0.29) is 38.8 Å². The first kappa shape index (κ1) is 31.4. The van der Waals surface area contributed by atoms with Gasteiger partial charge in [-0.05, 0) is 23.3 Å². The molecular weight excluding hydrogens is 703 g/mol. The van der Waals surface area contributed by atoms with E-state index >= 15 is 4.39 Å². The Labute approximate surface area is 264 Å². The lowest BCUT2D eigenvalue weighted by atomic mass is 10.1. The fraction of sp³-hybridized carbons (Fsp3) is 0.500. The Morgan fingerprint density at radius 2 is 1.89 bits per heavy atom. The first-order chi connectivity index (χ1) is 21.3. The highest BCUT2D eigenvalue weighted by atomic mass is 32.7. The van der Waals surface area contributed by atoms with Crippen LogP contribution in [0.3, 0.4) is 0 Å². The summed E-state index contributed by atoms with van der Waals surface area (Å²) in [6.45, 7) is -9.86. The van der Waals surface area contributed by atoms with Crippen molar-refractivity contribution >= 4 is 83.1 Å². The van der Waals surface area contributed by atoms with Gasteiger partial charge in [-0.15, -0.1) is 0 Å². The second-order valence-corrected chi connectivity index (χ2v) is 16.5. The van der Waals surface area contributed by atoms with E-state index < -0.39 is 81.3 Å². The normalized spacial score (nSPS) is 37.7. The molecule has 4 aromatic heterocycles. The molecule has 10 atom stereocenters. The third-order valence-electron chi connectivity index (χ3n) is 7.22. The van der Waals surface area contributed by atoms with E-state index in [9.17, 15) is 19.4 Å². The molecule has 2 bridgehead atoms. The van der Waals surface area contributed by atoms with Crippen molar-refractivity contribution in [1.82, 2.24) is 33.9 Å². The number of hydrogen-bond acceptors (Lipinski definition) is 18. The van der Waals surface area contributed by atoms with E-state index in [0.717, 1.165) is 17.9 Å². The molecule has 7 heterocycles. The quantitative estimate of drug-likeness (QED) is 0.121. The number of nitrogens with two attached hydrogens (primary N) is 2. The van der Waals surface area contributed by atoms with Gasteiger partial charge in [0.25, 0.3) is 5.56 Å². The number of hydrogen-bond donors (Lipinski definition) is 6. The van der Waals surface area contributed by atoms with Gasteiger partial charge in [0, 0.05) is 0 Å². The second-order valence-electron chi connectivity index (χ2n) is 10.0. The van der Waals surface area contributed by atoms with Crippen LogP contribution >= 0.6 is 37.3 Å². The molecule has 7 N–H and O–H groups in total. The van der Waals surface area contributed by atoms with E-state index in [4.69, 9.17) is 50.8 Å². The number of nitrogens with zero attached hydrogens (tertiary/aromatic N) is 6. The number of aromatic nitrogens is 7. The topological polar surface area (TPSA) is 267 Å². The van der Waals surface area contributed by atoms with Gasteiger partial charge < -0.3 is 35.5 Å². The number of thiol groups is 1. The predicted molar refractivity (Wildman–Crippen MR) is 159 cm³/mol. The number of anilines is 2. The number of imidazole rings is 1. The molecule has 0 aromatic carbocycles. The second kappa shape index (κ2) is 11.5. The lowest BCUT2D eigenvalue weighted by Gasteiger charge is -2.26. The maximum atomic E-state index is 16.0. The Balaban J connectivity index is 1.21. The van der Waals surface area contributed by atoms with Gasteiger partial charge in [0.05, 0.1) is 24.4 Å². The van der Waals surface area contributed by atoms with Crippen molar-refractivity contribution in [2.24, 2.45) is 0 Å². The molecule has 19 nitrogen and oxygen atoms in total. The number of nitrogens with one attached hydrogen (secondary N) is 1. The van der Waals surface area contributed by atoms with Crippen molar-refractivity contribution in [3.63, 3.8) is 0 Å². The van der Waals surface area contributed by atoms with E-state index in [1.807, 2.05) is 0 Å². The molecule has 4 aromatic rings. The third-order valence-corrected chi connectivity index (χ3v) is 11.3. The Morgan fingerprint density at radius 1 is 1.11 bits per heavy atom. The van der Waals surface area contributed by atoms with Gasteiger partial charge in [-0.1, -0.05) is 12.2 Å². The molecule has 0 spiro atoms.